The number of pyridine rings is 1. The van der Waals surface area contributed by atoms with Gasteiger partial charge in [0.25, 0.3) is 5.91 Å². The van der Waals surface area contributed by atoms with E-state index in [1.807, 2.05) is 66.1 Å². The van der Waals surface area contributed by atoms with Crippen LogP contribution in [0.2, 0.25) is 0 Å². The highest BCUT2D eigenvalue weighted by Gasteiger charge is 2.19. The first-order valence-electron chi connectivity index (χ1n) is 7.85. The minimum absolute atomic E-state index is 0.222. The summed E-state index contributed by atoms with van der Waals surface area (Å²) < 4.78 is 7.11. The van der Waals surface area contributed by atoms with Crippen molar-refractivity contribution in [1.82, 2.24) is 25.1 Å². The number of aromatic nitrogens is 4. The van der Waals surface area contributed by atoms with Crippen LogP contribution in [0.3, 0.4) is 0 Å². The molecule has 0 unspecified atom stereocenters. The minimum Gasteiger partial charge on any atom is -0.355 e. The van der Waals surface area contributed by atoms with E-state index < -0.39 is 0 Å². The molecule has 1 atom stereocenters. The Morgan fingerprint density at radius 1 is 1.12 bits per heavy atom. The Kier molecular flexibility index (Phi) is 3.74. The number of carbonyl (C=O) groups is 1. The summed E-state index contributed by atoms with van der Waals surface area (Å²) in [5, 5.41) is 15.0. The third-order valence-electron chi connectivity index (χ3n) is 3.88. The number of benzene rings is 1. The monoisotopic (exact) mass is 333 g/mol. The van der Waals surface area contributed by atoms with E-state index in [9.17, 15) is 4.79 Å². The van der Waals surface area contributed by atoms with Crippen molar-refractivity contribution >= 4 is 11.6 Å². The highest BCUT2D eigenvalue weighted by molar-refractivity contribution is 5.93. The molecule has 0 aliphatic heterocycles. The zero-order chi connectivity index (χ0) is 17.2. The van der Waals surface area contributed by atoms with Gasteiger partial charge in [-0.15, -0.1) is 10.2 Å². The number of fused-ring (bicyclic) bond motifs is 1. The first kappa shape index (κ1) is 15.1. The molecule has 0 bridgehead atoms. The molecule has 4 rings (SSSR count). The zero-order valence-electron chi connectivity index (χ0n) is 13.5. The third kappa shape index (κ3) is 2.87. The first-order valence-corrected chi connectivity index (χ1v) is 7.85. The molecule has 0 spiro atoms. The molecule has 1 aromatic carbocycles. The summed E-state index contributed by atoms with van der Waals surface area (Å²) in [6, 6.07) is 16.4. The Morgan fingerprint density at radius 3 is 2.76 bits per heavy atom. The Morgan fingerprint density at radius 2 is 1.92 bits per heavy atom. The summed E-state index contributed by atoms with van der Waals surface area (Å²) in [5.41, 5.74) is 1.82. The Bertz CT molecular complexity index is 1020. The Balaban J connectivity index is 1.53. The molecule has 0 saturated heterocycles. The lowest BCUT2D eigenvalue weighted by atomic mass is 10.1. The molecule has 3 aromatic heterocycles. The Hall–Kier alpha value is -3.48. The molecular weight excluding hydrogens is 318 g/mol. The predicted molar refractivity (Wildman–Crippen MR) is 90.8 cm³/mol. The lowest BCUT2D eigenvalue weighted by molar-refractivity contribution is 0.0929. The summed E-state index contributed by atoms with van der Waals surface area (Å²) in [6.07, 6.45) is 1.86. The Labute approximate surface area is 143 Å². The van der Waals surface area contributed by atoms with Crippen LogP contribution in [0.4, 0.5) is 0 Å². The van der Waals surface area contributed by atoms with Gasteiger partial charge in [0, 0.05) is 17.8 Å². The van der Waals surface area contributed by atoms with Crippen LogP contribution in [0.15, 0.2) is 65.3 Å². The van der Waals surface area contributed by atoms with E-state index in [1.54, 1.807) is 6.07 Å². The van der Waals surface area contributed by atoms with Gasteiger partial charge < -0.3 is 9.84 Å². The molecule has 1 amide bonds. The van der Waals surface area contributed by atoms with E-state index in [0.29, 0.717) is 11.6 Å². The standard InChI is InChI=1S/C18H15N5O2/c1-12(17-21-20-16-9-5-6-10-23(16)17)19-18(24)14-11-15(25-22-14)13-7-3-2-4-8-13/h2-12H,1H3,(H,19,24)/t12-/m0/s1. The van der Waals surface area contributed by atoms with E-state index in [0.717, 1.165) is 11.2 Å². The smallest absolute Gasteiger partial charge is 0.274 e. The molecule has 1 N–H and O–H groups in total. The van der Waals surface area contributed by atoms with Gasteiger partial charge in [0.2, 0.25) is 0 Å². The minimum atomic E-state index is -0.332. The molecule has 0 radical (unpaired) electrons. The van der Waals surface area contributed by atoms with Crippen molar-refractivity contribution in [2.75, 3.05) is 0 Å². The maximum atomic E-state index is 12.4. The fourth-order valence-corrected chi connectivity index (χ4v) is 2.61. The maximum absolute atomic E-state index is 12.4. The molecule has 124 valence electrons. The van der Waals surface area contributed by atoms with E-state index >= 15 is 0 Å². The normalized spacial score (nSPS) is 12.2. The summed E-state index contributed by atoms with van der Waals surface area (Å²) in [4.78, 5) is 12.4. The summed E-state index contributed by atoms with van der Waals surface area (Å²) in [7, 11) is 0. The molecule has 0 saturated carbocycles. The molecule has 0 aliphatic rings. The quantitative estimate of drug-likeness (QED) is 0.621. The van der Waals surface area contributed by atoms with Crippen molar-refractivity contribution in [2.45, 2.75) is 13.0 Å². The van der Waals surface area contributed by atoms with Crippen LogP contribution in [-0.2, 0) is 0 Å². The van der Waals surface area contributed by atoms with Crippen LogP contribution in [0, 0.1) is 0 Å². The number of hydrogen-bond donors (Lipinski definition) is 1. The van der Waals surface area contributed by atoms with Gasteiger partial charge in [0.05, 0.1) is 6.04 Å². The van der Waals surface area contributed by atoms with Gasteiger partial charge in [-0.1, -0.05) is 41.6 Å². The van der Waals surface area contributed by atoms with Crippen LogP contribution in [-0.4, -0.2) is 25.7 Å². The highest BCUT2D eigenvalue weighted by atomic mass is 16.5. The fourth-order valence-electron chi connectivity index (χ4n) is 2.61. The summed E-state index contributed by atoms with van der Waals surface area (Å²) in [5.74, 6) is 0.869. The van der Waals surface area contributed by atoms with Crippen LogP contribution in [0.5, 0.6) is 0 Å². The van der Waals surface area contributed by atoms with Crippen LogP contribution < -0.4 is 5.32 Å². The molecular formula is C18H15N5O2. The SMILES string of the molecule is C[C@H](NC(=O)c1cc(-c2ccccc2)on1)c1nnc2ccccn12. The topological polar surface area (TPSA) is 85.3 Å². The number of rotatable bonds is 4. The second kappa shape index (κ2) is 6.20. The predicted octanol–water partition coefficient (Wildman–Crippen LogP) is 2.88. The number of hydrogen-bond acceptors (Lipinski definition) is 5. The second-order valence-corrected chi connectivity index (χ2v) is 5.62. The molecule has 4 aromatic rings. The number of nitrogens with zero attached hydrogens (tertiary/aromatic N) is 4. The maximum Gasteiger partial charge on any atom is 0.274 e. The fraction of sp³-hybridized carbons (Fsp3) is 0.111. The number of nitrogens with one attached hydrogen (secondary N) is 1. The number of carbonyl (C=O) groups excluding carboxylic acids is 1. The third-order valence-corrected chi connectivity index (χ3v) is 3.88. The van der Waals surface area contributed by atoms with Gasteiger partial charge in [-0.3, -0.25) is 9.20 Å². The molecule has 3 heterocycles. The molecule has 0 fully saturated rings. The molecule has 7 nitrogen and oxygen atoms in total. The molecule has 25 heavy (non-hydrogen) atoms. The van der Waals surface area contributed by atoms with Crippen LogP contribution >= 0.6 is 0 Å². The lowest BCUT2D eigenvalue weighted by Gasteiger charge is -2.10. The van der Waals surface area contributed by atoms with Gasteiger partial charge in [0.15, 0.2) is 22.9 Å². The van der Waals surface area contributed by atoms with Crippen molar-refractivity contribution in [1.29, 1.82) is 0 Å². The van der Waals surface area contributed by atoms with Crippen LogP contribution in [0.1, 0.15) is 29.3 Å². The van der Waals surface area contributed by atoms with Crippen molar-refractivity contribution in [3.05, 3.63) is 72.3 Å². The van der Waals surface area contributed by atoms with Gasteiger partial charge in [-0.2, -0.15) is 0 Å². The van der Waals surface area contributed by atoms with Crippen molar-refractivity contribution in [2.24, 2.45) is 0 Å². The van der Waals surface area contributed by atoms with Gasteiger partial charge in [0.1, 0.15) is 0 Å². The molecule has 7 heteroatoms. The van der Waals surface area contributed by atoms with Crippen LogP contribution in [0.25, 0.3) is 17.0 Å². The average molecular weight is 333 g/mol. The lowest BCUT2D eigenvalue weighted by Crippen LogP contribution is -2.28. The zero-order valence-corrected chi connectivity index (χ0v) is 13.5. The highest BCUT2D eigenvalue weighted by Crippen LogP contribution is 2.20. The summed E-state index contributed by atoms with van der Waals surface area (Å²) >= 11 is 0. The number of amides is 1. The van der Waals surface area contributed by atoms with E-state index in [-0.39, 0.29) is 17.6 Å². The van der Waals surface area contributed by atoms with Crippen molar-refractivity contribution in [3.63, 3.8) is 0 Å². The first-order chi connectivity index (χ1) is 12.2. The molecule has 0 aliphatic carbocycles. The van der Waals surface area contributed by atoms with Gasteiger partial charge in [-0.05, 0) is 19.1 Å². The van der Waals surface area contributed by atoms with E-state index in [1.165, 1.54) is 0 Å². The summed E-state index contributed by atoms with van der Waals surface area (Å²) in [6.45, 7) is 1.85. The van der Waals surface area contributed by atoms with Crippen molar-refractivity contribution in [3.8, 4) is 11.3 Å². The van der Waals surface area contributed by atoms with Gasteiger partial charge in [-0.25, -0.2) is 0 Å². The largest absolute Gasteiger partial charge is 0.355 e. The second-order valence-electron chi connectivity index (χ2n) is 5.62. The van der Waals surface area contributed by atoms with E-state index in [4.69, 9.17) is 4.52 Å². The van der Waals surface area contributed by atoms with Crippen molar-refractivity contribution < 1.29 is 9.32 Å². The average Bonchev–Trinajstić information content (AvgIpc) is 3.30. The van der Waals surface area contributed by atoms with E-state index in [2.05, 4.69) is 20.7 Å². The van der Waals surface area contributed by atoms with Gasteiger partial charge >= 0.3 is 0 Å².